The van der Waals surface area contributed by atoms with Gasteiger partial charge >= 0.3 is 0 Å². The van der Waals surface area contributed by atoms with E-state index in [0.717, 1.165) is 32.3 Å². The molecule has 21 heavy (non-hydrogen) atoms. The number of allylic oxidation sites excluding steroid dienone is 2. The van der Waals surface area contributed by atoms with Gasteiger partial charge in [0.15, 0.2) is 0 Å². The molecule has 0 fully saturated rings. The number of aliphatic hydroxyl groups is 1. The molecule has 2 unspecified atom stereocenters. The van der Waals surface area contributed by atoms with Crippen molar-refractivity contribution >= 4 is 0 Å². The highest BCUT2D eigenvalue weighted by atomic mass is 16.5. The first-order valence-electron chi connectivity index (χ1n) is 8.19. The monoisotopic (exact) mass is 290 g/mol. The van der Waals surface area contributed by atoms with E-state index in [2.05, 4.69) is 38.1 Å². The van der Waals surface area contributed by atoms with Crippen molar-refractivity contribution in [3.05, 3.63) is 48.0 Å². The molecule has 0 saturated carbocycles. The summed E-state index contributed by atoms with van der Waals surface area (Å²) < 4.78 is 5.83. The first-order valence-corrected chi connectivity index (χ1v) is 8.19. The lowest BCUT2D eigenvalue weighted by molar-refractivity contribution is 0.0863. The predicted octanol–water partition coefficient (Wildman–Crippen LogP) is 4.58. The number of aliphatic hydroxyl groups excluding tert-OH is 1. The molecule has 2 nitrogen and oxygen atoms in total. The van der Waals surface area contributed by atoms with Crippen LogP contribution in [0.2, 0.25) is 0 Å². The summed E-state index contributed by atoms with van der Waals surface area (Å²) in [6.45, 7) is 6.18. The highest BCUT2D eigenvalue weighted by Crippen LogP contribution is 2.14. The average Bonchev–Trinajstić information content (AvgIpc) is 2.53. The van der Waals surface area contributed by atoms with Crippen LogP contribution in [0.1, 0.15) is 45.1 Å². The SMILES string of the molecule is CCC(C=CCC(CC)COCc1ccccc1)CCO. The topological polar surface area (TPSA) is 29.5 Å². The van der Waals surface area contributed by atoms with E-state index >= 15 is 0 Å². The van der Waals surface area contributed by atoms with Crippen molar-refractivity contribution in [1.29, 1.82) is 0 Å². The molecular weight excluding hydrogens is 260 g/mol. The zero-order chi connectivity index (χ0) is 15.3. The van der Waals surface area contributed by atoms with Gasteiger partial charge in [-0.2, -0.15) is 0 Å². The van der Waals surface area contributed by atoms with E-state index < -0.39 is 0 Å². The largest absolute Gasteiger partial charge is 0.396 e. The van der Waals surface area contributed by atoms with Crippen LogP contribution in [0.15, 0.2) is 42.5 Å². The van der Waals surface area contributed by atoms with Gasteiger partial charge in [-0.3, -0.25) is 0 Å². The summed E-state index contributed by atoms with van der Waals surface area (Å²) in [6.07, 6.45) is 8.69. The molecule has 1 rings (SSSR count). The van der Waals surface area contributed by atoms with Crippen LogP contribution in [-0.4, -0.2) is 18.3 Å². The van der Waals surface area contributed by atoms with E-state index in [-0.39, 0.29) is 6.61 Å². The molecule has 0 aromatic heterocycles. The van der Waals surface area contributed by atoms with E-state index in [1.54, 1.807) is 0 Å². The van der Waals surface area contributed by atoms with E-state index in [4.69, 9.17) is 9.84 Å². The Morgan fingerprint density at radius 3 is 2.52 bits per heavy atom. The fourth-order valence-electron chi connectivity index (χ4n) is 2.34. The van der Waals surface area contributed by atoms with Crippen LogP contribution in [0, 0.1) is 11.8 Å². The molecule has 2 atom stereocenters. The normalized spacial score (nSPS) is 14.4. The molecule has 0 saturated heterocycles. The Hall–Kier alpha value is -1.12. The quantitative estimate of drug-likeness (QED) is 0.604. The van der Waals surface area contributed by atoms with E-state index in [9.17, 15) is 0 Å². The van der Waals surface area contributed by atoms with Crippen LogP contribution < -0.4 is 0 Å². The van der Waals surface area contributed by atoms with Crippen molar-refractivity contribution in [1.82, 2.24) is 0 Å². The van der Waals surface area contributed by atoms with Crippen LogP contribution in [0.25, 0.3) is 0 Å². The number of rotatable bonds is 11. The Balaban J connectivity index is 2.26. The van der Waals surface area contributed by atoms with Crippen LogP contribution in [0.4, 0.5) is 0 Å². The molecule has 1 N–H and O–H groups in total. The first kappa shape index (κ1) is 17.9. The van der Waals surface area contributed by atoms with Crippen molar-refractivity contribution in [2.45, 2.75) is 46.1 Å². The predicted molar refractivity (Wildman–Crippen MR) is 89.1 cm³/mol. The molecule has 0 aliphatic heterocycles. The van der Waals surface area contributed by atoms with Gasteiger partial charge in [0.2, 0.25) is 0 Å². The van der Waals surface area contributed by atoms with Crippen molar-refractivity contribution in [2.24, 2.45) is 11.8 Å². The van der Waals surface area contributed by atoms with Crippen molar-refractivity contribution in [2.75, 3.05) is 13.2 Å². The van der Waals surface area contributed by atoms with Gasteiger partial charge in [-0.25, -0.2) is 0 Å². The minimum atomic E-state index is 0.278. The molecule has 1 aromatic rings. The van der Waals surface area contributed by atoms with E-state index in [0.29, 0.717) is 18.4 Å². The molecule has 0 radical (unpaired) electrons. The highest BCUT2D eigenvalue weighted by molar-refractivity contribution is 5.13. The Morgan fingerprint density at radius 2 is 1.90 bits per heavy atom. The number of ether oxygens (including phenoxy) is 1. The molecule has 0 spiro atoms. The van der Waals surface area contributed by atoms with Crippen LogP contribution >= 0.6 is 0 Å². The van der Waals surface area contributed by atoms with Crippen LogP contribution in [0.5, 0.6) is 0 Å². The van der Waals surface area contributed by atoms with Crippen molar-refractivity contribution in [3.63, 3.8) is 0 Å². The minimum Gasteiger partial charge on any atom is -0.396 e. The smallest absolute Gasteiger partial charge is 0.0717 e. The summed E-state index contributed by atoms with van der Waals surface area (Å²) in [5.74, 6) is 1.09. The summed E-state index contributed by atoms with van der Waals surface area (Å²) in [6, 6.07) is 10.3. The second-order valence-corrected chi connectivity index (χ2v) is 5.62. The average molecular weight is 290 g/mol. The maximum absolute atomic E-state index is 8.99. The maximum atomic E-state index is 8.99. The fraction of sp³-hybridized carbons (Fsp3) is 0.579. The van der Waals surface area contributed by atoms with Gasteiger partial charge in [-0.1, -0.05) is 62.8 Å². The molecule has 0 heterocycles. The van der Waals surface area contributed by atoms with Crippen molar-refractivity contribution in [3.8, 4) is 0 Å². The number of benzene rings is 1. The zero-order valence-electron chi connectivity index (χ0n) is 13.5. The number of hydrogen-bond donors (Lipinski definition) is 1. The van der Waals surface area contributed by atoms with Gasteiger partial charge in [0.25, 0.3) is 0 Å². The van der Waals surface area contributed by atoms with Gasteiger partial charge in [-0.05, 0) is 36.7 Å². The lowest BCUT2D eigenvalue weighted by Crippen LogP contribution is -2.08. The van der Waals surface area contributed by atoms with E-state index in [1.165, 1.54) is 5.56 Å². The Bertz CT molecular complexity index is 372. The minimum absolute atomic E-state index is 0.278. The van der Waals surface area contributed by atoms with Crippen LogP contribution in [0.3, 0.4) is 0 Å². The summed E-state index contributed by atoms with van der Waals surface area (Å²) in [7, 11) is 0. The second kappa shape index (κ2) is 11.5. The molecule has 0 bridgehead atoms. The first-order chi connectivity index (χ1) is 10.3. The highest BCUT2D eigenvalue weighted by Gasteiger charge is 2.06. The molecule has 0 amide bonds. The fourth-order valence-corrected chi connectivity index (χ4v) is 2.34. The van der Waals surface area contributed by atoms with Gasteiger partial charge < -0.3 is 9.84 Å². The maximum Gasteiger partial charge on any atom is 0.0717 e. The Labute approximate surface area is 129 Å². The standard InChI is InChI=1S/C19H30O2/c1-3-17(13-14-20)11-8-12-18(4-2)15-21-16-19-9-6-5-7-10-19/h5-11,17-18,20H,3-4,12-16H2,1-2H3. The molecule has 2 heteroatoms. The van der Waals surface area contributed by atoms with E-state index in [1.807, 2.05) is 18.2 Å². The lowest BCUT2D eigenvalue weighted by atomic mass is 9.98. The second-order valence-electron chi connectivity index (χ2n) is 5.62. The van der Waals surface area contributed by atoms with Gasteiger partial charge in [-0.15, -0.1) is 0 Å². The molecule has 1 aromatic carbocycles. The molecule has 0 aliphatic carbocycles. The number of hydrogen-bond acceptors (Lipinski definition) is 2. The summed E-state index contributed by atoms with van der Waals surface area (Å²) in [5.41, 5.74) is 1.23. The summed E-state index contributed by atoms with van der Waals surface area (Å²) in [5, 5.41) is 8.99. The molecular formula is C19H30O2. The molecule has 0 aliphatic rings. The zero-order valence-corrected chi connectivity index (χ0v) is 13.5. The third kappa shape index (κ3) is 8.03. The Kier molecular flexibility index (Phi) is 9.84. The van der Waals surface area contributed by atoms with Crippen LogP contribution in [-0.2, 0) is 11.3 Å². The summed E-state index contributed by atoms with van der Waals surface area (Å²) >= 11 is 0. The third-order valence-electron chi connectivity index (χ3n) is 3.94. The third-order valence-corrected chi connectivity index (χ3v) is 3.94. The molecule has 118 valence electrons. The lowest BCUT2D eigenvalue weighted by Gasteiger charge is -2.14. The summed E-state index contributed by atoms with van der Waals surface area (Å²) in [4.78, 5) is 0. The van der Waals surface area contributed by atoms with Gasteiger partial charge in [0.1, 0.15) is 0 Å². The van der Waals surface area contributed by atoms with Crippen molar-refractivity contribution < 1.29 is 9.84 Å². The van der Waals surface area contributed by atoms with Gasteiger partial charge in [0, 0.05) is 6.61 Å². The Morgan fingerprint density at radius 1 is 1.14 bits per heavy atom. The van der Waals surface area contributed by atoms with Gasteiger partial charge in [0.05, 0.1) is 13.2 Å².